The number of hydrogen-bond donors (Lipinski definition) is 2. The molecule has 4 nitrogen and oxygen atoms in total. The molecule has 1 amide bonds. The van der Waals surface area contributed by atoms with Crippen molar-refractivity contribution in [3.8, 4) is 0 Å². The van der Waals surface area contributed by atoms with Crippen LogP contribution in [0.15, 0.2) is 18.2 Å². The van der Waals surface area contributed by atoms with Crippen LogP contribution in [-0.4, -0.2) is 32.1 Å². The first-order chi connectivity index (χ1) is 10.1. The molecule has 0 bridgehead atoms. The number of hydrogen-bond acceptors (Lipinski definition) is 3. The molecule has 0 unspecified atom stereocenters. The summed E-state index contributed by atoms with van der Waals surface area (Å²) in [6.45, 7) is 6.65. The summed E-state index contributed by atoms with van der Waals surface area (Å²) >= 11 is 0. The first kappa shape index (κ1) is 15.8. The molecular weight excluding hydrogens is 262 g/mol. The Balaban J connectivity index is 1.78. The van der Waals surface area contributed by atoms with Gasteiger partial charge in [0.2, 0.25) is 5.91 Å². The Kier molecular flexibility index (Phi) is 5.62. The van der Waals surface area contributed by atoms with Crippen LogP contribution in [0.4, 0.5) is 5.69 Å². The maximum Gasteiger partial charge on any atom is 0.221 e. The van der Waals surface area contributed by atoms with Gasteiger partial charge in [-0.2, -0.15) is 0 Å². The smallest absolute Gasteiger partial charge is 0.221 e. The Morgan fingerprint density at radius 3 is 2.95 bits per heavy atom. The molecule has 2 N–H and O–H groups in total. The summed E-state index contributed by atoms with van der Waals surface area (Å²) in [6, 6.07) is 6.92. The molecule has 1 aliphatic rings. The lowest BCUT2D eigenvalue weighted by Crippen LogP contribution is -2.32. The standard InChI is InChI=1S/C17H27N3O/c1-13(2)19-17(21)8-9-18-12-14-6-7-16-15(11-14)5-4-10-20(16)3/h6-7,11,13,18H,4-5,8-10,12H2,1-3H3,(H,19,21). The van der Waals surface area contributed by atoms with E-state index >= 15 is 0 Å². The van der Waals surface area contributed by atoms with Gasteiger partial charge in [-0.05, 0) is 43.9 Å². The molecule has 0 saturated carbocycles. The number of nitrogens with one attached hydrogen (secondary N) is 2. The van der Waals surface area contributed by atoms with Gasteiger partial charge in [-0.25, -0.2) is 0 Å². The van der Waals surface area contributed by atoms with Crippen molar-refractivity contribution in [1.29, 1.82) is 0 Å². The maximum absolute atomic E-state index is 11.5. The van der Waals surface area contributed by atoms with Gasteiger partial charge in [0.1, 0.15) is 0 Å². The van der Waals surface area contributed by atoms with Gasteiger partial charge in [-0.3, -0.25) is 4.79 Å². The normalized spacial score (nSPS) is 14.2. The first-order valence-corrected chi connectivity index (χ1v) is 7.89. The van der Waals surface area contributed by atoms with E-state index in [2.05, 4.69) is 40.8 Å². The molecule has 4 heteroatoms. The quantitative estimate of drug-likeness (QED) is 0.788. The van der Waals surface area contributed by atoms with Crippen LogP contribution in [0.3, 0.4) is 0 Å². The minimum atomic E-state index is 0.115. The Hall–Kier alpha value is -1.55. The molecule has 0 radical (unpaired) electrons. The van der Waals surface area contributed by atoms with E-state index in [1.807, 2.05) is 13.8 Å². The van der Waals surface area contributed by atoms with Crippen LogP contribution in [-0.2, 0) is 17.8 Å². The lowest BCUT2D eigenvalue weighted by molar-refractivity contribution is -0.121. The predicted molar refractivity (Wildman–Crippen MR) is 87.6 cm³/mol. The van der Waals surface area contributed by atoms with Gasteiger partial charge in [0.25, 0.3) is 0 Å². The fourth-order valence-corrected chi connectivity index (χ4v) is 2.78. The van der Waals surface area contributed by atoms with Crippen LogP contribution >= 0.6 is 0 Å². The number of rotatable bonds is 6. The zero-order chi connectivity index (χ0) is 15.2. The highest BCUT2D eigenvalue weighted by Crippen LogP contribution is 2.26. The van der Waals surface area contributed by atoms with Crippen LogP contribution in [0.25, 0.3) is 0 Å². The van der Waals surface area contributed by atoms with Crippen LogP contribution in [0.2, 0.25) is 0 Å². The number of benzene rings is 1. The highest BCUT2D eigenvalue weighted by atomic mass is 16.1. The molecule has 0 aromatic heterocycles. The third-order valence-electron chi connectivity index (χ3n) is 3.80. The molecular formula is C17H27N3O. The maximum atomic E-state index is 11.5. The third-order valence-corrected chi connectivity index (χ3v) is 3.80. The second-order valence-electron chi connectivity index (χ2n) is 6.14. The molecule has 21 heavy (non-hydrogen) atoms. The number of aryl methyl sites for hydroxylation is 1. The largest absolute Gasteiger partial charge is 0.374 e. The number of nitrogens with zero attached hydrogens (tertiary/aromatic N) is 1. The van der Waals surface area contributed by atoms with Gasteiger partial charge in [-0.15, -0.1) is 0 Å². The Morgan fingerprint density at radius 1 is 1.38 bits per heavy atom. The third kappa shape index (κ3) is 4.74. The second-order valence-corrected chi connectivity index (χ2v) is 6.14. The van der Waals surface area contributed by atoms with Crippen LogP contribution in [0.5, 0.6) is 0 Å². The van der Waals surface area contributed by atoms with Gasteiger partial charge < -0.3 is 15.5 Å². The van der Waals surface area contributed by atoms with Gasteiger partial charge in [-0.1, -0.05) is 12.1 Å². The van der Waals surface area contributed by atoms with E-state index in [0.717, 1.165) is 19.6 Å². The molecule has 2 rings (SSSR count). The fourth-order valence-electron chi connectivity index (χ4n) is 2.78. The lowest BCUT2D eigenvalue weighted by atomic mass is 9.99. The average molecular weight is 289 g/mol. The van der Waals surface area contributed by atoms with Crippen molar-refractivity contribution in [3.05, 3.63) is 29.3 Å². The molecule has 0 aliphatic carbocycles. The number of amides is 1. The van der Waals surface area contributed by atoms with E-state index in [0.29, 0.717) is 6.42 Å². The molecule has 116 valence electrons. The number of anilines is 1. The van der Waals surface area contributed by atoms with Crippen molar-refractivity contribution in [1.82, 2.24) is 10.6 Å². The minimum Gasteiger partial charge on any atom is -0.374 e. The van der Waals surface area contributed by atoms with E-state index in [9.17, 15) is 4.79 Å². The SMILES string of the molecule is CC(C)NC(=O)CCNCc1ccc2c(c1)CCCN2C. The first-order valence-electron chi connectivity index (χ1n) is 7.89. The Morgan fingerprint density at radius 2 is 2.19 bits per heavy atom. The van der Waals surface area contributed by atoms with E-state index in [-0.39, 0.29) is 11.9 Å². The topological polar surface area (TPSA) is 44.4 Å². The molecule has 0 atom stereocenters. The van der Waals surface area contributed by atoms with Crippen molar-refractivity contribution >= 4 is 11.6 Å². The molecule has 1 aliphatic heterocycles. The van der Waals surface area contributed by atoms with E-state index in [4.69, 9.17) is 0 Å². The van der Waals surface area contributed by atoms with Crippen molar-refractivity contribution < 1.29 is 4.79 Å². The van der Waals surface area contributed by atoms with Crippen LogP contribution in [0, 0.1) is 0 Å². The molecule has 1 aromatic carbocycles. The zero-order valence-electron chi connectivity index (χ0n) is 13.4. The Labute approximate surface area is 127 Å². The Bertz CT molecular complexity index is 485. The number of carbonyl (C=O) groups excluding carboxylic acids is 1. The zero-order valence-corrected chi connectivity index (χ0v) is 13.4. The summed E-state index contributed by atoms with van der Waals surface area (Å²) in [5.74, 6) is 0.115. The molecule has 0 spiro atoms. The fraction of sp³-hybridized carbons (Fsp3) is 0.588. The monoisotopic (exact) mass is 289 g/mol. The molecule has 1 heterocycles. The highest BCUT2D eigenvalue weighted by molar-refractivity contribution is 5.76. The van der Waals surface area contributed by atoms with Gasteiger partial charge in [0.15, 0.2) is 0 Å². The summed E-state index contributed by atoms with van der Waals surface area (Å²) in [5, 5.41) is 6.25. The summed E-state index contributed by atoms with van der Waals surface area (Å²) in [5.41, 5.74) is 4.11. The number of fused-ring (bicyclic) bond motifs is 1. The van der Waals surface area contributed by atoms with Crippen molar-refractivity contribution in [2.75, 3.05) is 25.0 Å². The summed E-state index contributed by atoms with van der Waals surface area (Å²) in [7, 11) is 2.16. The number of carbonyl (C=O) groups is 1. The summed E-state index contributed by atoms with van der Waals surface area (Å²) in [6.07, 6.45) is 2.94. The highest BCUT2D eigenvalue weighted by Gasteiger charge is 2.13. The molecule has 0 saturated heterocycles. The van der Waals surface area contributed by atoms with E-state index in [1.165, 1.54) is 29.7 Å². The minimum absolute atomic E-state index is 0.115. The van der Waals surface area contributed by atoms with Gasteiger partial charge in [0, 0.05) is 44.8 Å². The second kappa shape index (κ2) is 7.46. The van der Waals surface area contributed by atoms with Gasteiger partial charge >= 0.3 is 0 Å². The predicted octanol–water partition coefficient (Wildman–Crippen LogP) is 2.07. The molecule has 1 aromatic rings. The van der Waals surface area contributed by atoms with E-state index in [1.54, 1.807) is 0 Å². The summed E-state index contributed by atoms with van der Waals surface area (Å²) < 4.78 is 0. The lowest BCUT2D eigenvalue weighted by Gasteiger charge is -2.27. The van der Waals surface area contributed by atoms with Crippen molar-refractivity contribution in [2.24, 2.45) is 0 Å². The van der Waals surface area contributed by atoms with E-state index < -0.39 is 0 Å². The van der Waals surface area contributed by atoms with Crippen LogP contribution < -0.4 is 15.5 Å². The van der Waals surface area contributed by atoms with Crippen molar-refractivity contribution in [2.45, 2.75) is 45.7 Å². The van der Waals surface area contributed by atoms with Crippen molar-refractivity contribution in [3.63, 3.8) is 0 Å². The van der Waals surface area contributed by atoms with Gasteiger partial charge in [0.05, 0.1) is 0 Å². The summed E-state index contributed by atoms with van der Waals surface area (Å²) in [4.78, 5) is 13.9. The molecule has 0 fully saturated rings. The van der Waals surface area contributed by atoms with Crippen LogP contribution in [0.1, 0.15) is 37.8 Å². The average Bonchev–Trinajstić information content (AvgIpc) is 2.43.